The van der Waals surface area contributed by atoms with Gasteiger partial charge in [-0.1, -0.05) is 27.5 Å². The largest absolute Gasteiger partial charge is 0.321 e. The number of anilines is 1. The molecule has 92 valence electrons. The number of rotatable bonds is 2. The smallest absolute Gasteiger partial charge is 0.255 e. The van der Waals surface area contributed by atoms with Gasteiger partial charge in [-0.3, -0.25) is 4.79 Å². The minimum absolute atomic E-state index is 0.178. The van der Waals surface area contributed by atoms with E-state index in [1.165, 1.54) is 0 Å². The molecule has 0 unspecified atom stereocenters. The first-order valence-electron chi connectivity index (χ1n) is 4.94. The van der Waals surface area contributed by atoms with E-state index in [4.69, 9.17) is 11.6 Å². The Bertz CT molecular complexity index is 589. The third-order valence-corrected chi connectivity index (χ3v) is 3.77. The minimum atomic E-state index is -0.178. The highest BCUT2D eigenvalue weighted by Crippen LogP contribution is 2.21. The third-order valence-electron chi connectivity index (χ3n) is 2.18. The summed E-state index contributed by atoms with van der Waals surface area (Å²) in [7, 11) is 0. The van der Waals surface area contributed by atoms with Crippen molar-refractivity contribution in [3.8, 4) is 0 Å². The van der Waals surface area contributed by atoms with Crippen LogP contribution in [-0.2, 0) is 0 Å². The quantitative estimate of drug-likeness (QED) is 0.561. The summed E-state index contributed by atoms with van der Waals surface area (Å²) in [6.45, 7) is 0. The van der Waals surface area contributed by atoms with Crippen LogP contribution in [0.3, 0.4) is 0 Å². The van der Waals surface area contributed by atoms with Crippen LogP contribution in [0.15, 0.2) is 41.0 Å². The first kappa shape index (κ1) is 13.8. The molecule has 18 heavy (non-hydrogen) atoms. The molecule has 0 fully saturated rings. The Morgan fingerprint density at radius 1 is 1.33 bits per heavy atom. The highest BCUT2D eigenvalue weighted by molar-refractivity contribution is 14.1. The van der Waals surface area contributed by atoms with E-state index in [0.29, 0.717) is 16.4 Å². The molecular formula is C12H7BrClIN2O. The van der Waals surface area contributed by atoms with Gasteiger partial charge in [0, 0.05) is 22.3 Å². The Balaban J connectivity index is 2.21. The van der Waals surface area contributed by atoms with Crippen LogP contribution in [0.25, 0.3) is 0 Å². The summed E-state index contributed by atoms with van der Waals surface area (Å²) in [5, 5.41) is 3.15. The molecule has 1 aromatic carbocycles. The van der Waals surface area contributed by atoms with Crippen LogP contribution in [0, 0.1) is 3.57 Å². The lowest BCUT2D eigenvalue weighted by Crippen LogP contribution is -2.12. The van der Waals surface area contributed by atoms with E-state index in [0.717, 1.165) is 8.04 Å². The van der Waals surface area contributed by atoms with E-state index >= 15 is 0 Å². The van der Waals surface area contributed by atoms with E-state index in [2.05, 4.69) is 48.8 Å². The lowest BCUT2D eigenvalue weighted by Gasteiger charge is -2.07. The summed E-state index contributed by atoms with van der Waals surface area (Å²) in [4.78, 5) is 15.9. The Morgan fingerprint density at radius 2 is 2.00 bits per heavy atom. The fraction of sp³-hybridized carbons (Fsp3) is 0. The van der Waals surface area contributed by atoms with Crippen molar-refractivity contribution < 1.29 is 4.79 Å². The molecule has 0 bridgehead atoms. The predicted molar refractivity (Wildman–Crippen MR) is 84.1 cm³/mol. The van der Waals surface area contributed by atoms with Gasteiger partial charge in [-0.2, -0.15) is 0 Å². The molecule has 0 atom stereocenters. The lowest BCUT2D eigenvalue weighted by molar-refractivity contribution is 0.102. The predicted octanol–water partition coefficient (Wildman–Crippen LogP) is 4.35. The number of benzene rings is 1. The summed E-state index contributed by atoms with van der Waals surface area (Å²) in [5.41, 5.74) is 1.24. The van der Waals surface area contributed by atoms with Gasteiger partial charge in [0.2, 0.25) is 0 Å². The van der Waals surface area contributed by atoms with E-state index in [1.807, 2.05) is 12.1 Å². The fourth-order valence-electron chi connectivity index (χ4n) is 1.30. The molecule has 1 amide bonds. The highest BCUT2D eigenvalue weighted by Gasteiger charge is 2.09. The monoisotopic (exact) mass is 436 g/mol. The average Bonchev–Trinajstić information content (AvgIpc) is 2.34. The second-order valence-corrected chi connectivity index (χ2v) is 5.91. The van der Waals surface area contributed by atoms with Gasteiger partial charge < -0.3 is 5.32 Å². The maximum atomic E-state index is 12.0. The fourth-order valence-corrected chi connectivity index (χ4v) is 2.16. The highest BCUT2D eigenvalue weighted by atomic mass is 127. The Hall–Kier alpha value is -0.660. The van der Waals surface area contributed by atoms with Crippen molar-refractivity contribution >= 4 is 61.7 Å². The summed E-state index contributed by atoms with van der Waals surface area (Å²) in [5.74, 6) is -0.178. The van der Waals surface area contributed by atoms with Crippen LogP contribution < -0.4 is 5.32 Å². The van der Waals surface area contributed by atoms with Gasteiger partial charge in [-0.15, -0.1) is 0 Å². The maximum absolute atomic E-state index is 12.0. The molecule has 0 aliphatic heterocycles. The van der Waals surface area contributed by atoms with Gasteiger partial charge in [0.1, 0.15) is 5.15 Å². The molecular weight excluding hydrogens is 430 g/mol. The molecule has 6 heteroatoms. The number of carbonyl (C=O) groups is 1. The van der Waals surface area contributed by atoms with Gasteiger partial charge in [0.05, 0.1) is 9.26 Å². The molecule has 0 saturated carbocycles. The first-order valence-corrected chi connectivity index (χ1v) is 7.19. The van der Waals surface area contributed by atoms with E-state index in [1.54, 1.807) is 24.4 Å². The number of nitrogens with zero attached hydrogens (tertiary/aromatic N) is 1. The molecule has 0 saturated heterocycles. The lowest BCUT2D eigenvalue weighted by atomic mass is 10.2. The zero-order valence-corrected chi connectivity index (χ0v) is 13.5. The molecule has 2 rings (SSSR count). The molecule has 1 N–H and O–H groups in total. The zero-order chi connectivity index (χ0) is 13.1. The van der Waals surface area contributed by atoms with Crippen LogP contribution in [0.1, 0.15) is 10.4 Å². The van der Waals surface area contributed by atoms with Crippen molar-refractivity contribution in [3.63, 3.8) is 0 Å². The van der Waals surface area contributed by atoms with Crippen molar-refractivity contribution in [2.75, 3.05) is 5.32 Å². The SMILES string of the molecule is O=C(Nc1cc(Cl)ncc1I)c1ccc(Br)cc1. The summed E-state index contributed by atoms with van der Waals surface area (Å²) in [6, 6.07) is 8.75. The topological polar surface area (TPSA) is 42.0 Å². The summed E-state index contributed by atoms with van der Waals surface area (Å²) >= 11 is 11.2. The van der Waals surface area contributed by atoms with Gasteiger partial charge in [-0.25, -0.2) is 4.98 Å². The second-order valence-electron chi connectivity index (χ2n) is 3.45. The number of pyridine rings is 1. The number of nitrogens with one attached hydrogen (secondary N) is 1. The van der Waals surface area contributed by atoms with Crippen LogP contribution in [0.5, 0.6) is 0 Å². The number of hydrogen-bond acceptors (Lipinski definition) is 2. The van der Waals surface area contributed by atoms with Crippen LogP contribution in [0.4, 0.5) is 5.69 Å². The number of hydrogen-bond donors (Lipinski definition) is 1. The molecule has 0 spiro atoms. The molecule has 0 radical (unpaired) electrons. The van der Waals surface area contributed by atoms with E-state index < -0.39 is 0 Å². The van der Waals surface area contributed by atoms with Gasteiger partial charge in [0.15, 0.2) is 0 Å². The summed E-state index contributed by atoms with van der Waals surface area (Å²) < 4.78 is 1.77. The number of amides is 1. The zero-order valence-electron chi connectivity index (χ0n) is 8.95. The molecule has 0 aliphatic carbocycles. The third kappa shape index (κ3) is 3.43. The van der Waals surface area contributed by atoms with Crippen molar-refractivity contribution in [3.05, 3.63) is 55.3 Å². The Morgan fingerprint density at radius 3 is 2.67 bits per heavy atom. The second kappa shape index (κ2) is 5.99. The molecule has 3 nitrogen and oxygen atoms in total. The van der Waals surface area contributed by atoms with Crippen LogP contribution in [0.2, 0.25) is 5.15 Å². The van der Waals surface area contributed by atoms with E-state index in [9.17, 15) is 4.79 Å². The number of aromatic nitrogens is 1. The minimum Gasteiger partial charge on any atom is -0.321 e. The van der Waals surface area contributed by atoms with Crippen molar-refractivity contribution in [1.82, 2.24) is 4.98 Å². The van der Waals surface area contributed by atoms with Crippen molar-refractivity contribution in [1.29, 1.82) is 0 Å². The van der Waals surface area contributed by atoms with Crippen molar-refractivity contribution in [2.24, 2.45) is 0 Å². The average molecular weight is 437 g/mol. The number of halogens is 3. The van der Waals surface area contributed by atoms with Gasteiger partial charge in [0.25, 0.3) is 5.91 Å². The Labute approximate surface area is 131 Å². The van der Waals surface area contributed by atoms with E-state index in [-0.39, 0.29) is 5.91 Å². The van der Waals surface area contributed by atoms with Gasteiger partial charge >= 0.3 is 0 Å². The Kier molecular flexibility index (Phi) is 4.58. The summed E-state index contributed by atoms with van der Waals surface area (Å²) in [6.07, 6.45) is 1.61. The van der Waals surface area contributed by atoms with Gasteiger partial charge in [-0.05, 0) is 46.9 Å². The maximum Gasteiger partial charge on any atom is 0.255 e. The first-order chi connectivity index (χ1) is 8.56. The van der Waals surface area contributed by atoms with Crippen molar-refractivity contribution in [2.45, 2.75) is 0 Å². The molecule has 0 aliphatic rings. The standard InChI is InChI=1S/C12H7BrClIN2O/c13-8-3-1-7(2-4-8)12(18)17-10-5-11(14)16-6-9(10)15/h1-6H,(H,16,17,18). The number of carbonyl (C=O) groups excluding carboxylic acids is 1. The molecule has 2 aromatic rings. The molecule has 1 heterocycles. The normalized spacial score (nSPS) is 10.2. The molecule has 1 aromatic heterocycles. The van der Waals surface area contributed by atoms with Crippen LogP contribution in [-0.4, -0.2) is 10.9 Å². The van der Waals surface area contributed by atoms with Crippen LogP contribution >= 0.6 is 50.1 Å².